The number of amides is 1. The quantitative estimate of drug-likeness (QED) is 0.834. The average molecular weight is 274 g/mol. The third-order valence-electron chi connectivity index (χ3n) is 2.45. The largest absolute Gasteiger partial charge is 0.381 e. The predicted octanol–water partition coefficient (Wildman–Crippen LogP) is 2.10. The summed E-state index contributed by atoms with van der Waals surface area (Å²) in [5.41, 5.74) is 7.50. The zero-order valence-electron chi connectivity index (χ0n) is 10.5. The van der Waals surface area contributed by atoms with E-state index in [1.807, 2.05) is 31.2 Å². The molecule has 0 aliphatic heterocycles. The molecule has 1 aromatic carbocycles. The number of rotatable bonds is 4. The summed E-state index contributed by atoms with van der Waals surface area (Å²) in [5.74, 6) is 0.498. The van der Waals surface area contributed by atoms with Crippen molar-refractivity contribution in [1.29, 1.82) is 0 Å². The fourth-order valence-electron chi connectivity index (χ4n) is 1.48. The Balaban J connectivity index is 1.92. The van der Waals surface area contributed by atoms with Crippen molar-refractivity contribution in [3.8, 4) is 0 Å². The molecule has 0 saturated heterocycles. The lowest BCUT2D eigenvalue weighted by Gasteiger charge is -2.07. The third-order valence-corrected chi connectivity index (χ3v) is 3.44. The fourth-order valence-corrected chi connectivity index (χ4v) is 2.16. The van der Waals surface area contributed by atoms with Gasteiger partial charge in [0.2, 0.25) is 5.91 Å². The first-order valence-electron chi connectivity index (χ1n) is 5.71. The van der Waals surface area contributed by atoms with Crippen LogP contribution in [0.1, 0.15) is 5.56 Å². The van der Waals surface area contributed by atoms with Crippen LogP contribution < -0.4 is 11.1 Å². The number of hydrogen-bond acceptors (Lipinski definition) is 5. The summed E-state index contributed by atoms with van der Waals surface area (Å²) < 4.78 is 0. The van der Waals surface area contributed by atoms with Crippen molar-refractivity contribution >= 4 is 29.2 Å². The van der Waals surface area contributed by atoms with E-state index in [0.717, 1.165) is 11.3 Å². The lowest BCUT2D eigenvalue weighted by molar-refractivity contribution is -0.113. The Hall–Kier alpha value is -2.08. The number of nitrogen functional groups attached to an aromatic ring is 1. The van der Waals surface area contributed by atoms with Gasteiger partial charge in [-0.1, -0.05) is 30.0 Å². The van der Waals surface area contributed by atoms with Gasteiger partial charge in [0.25, 0.3) is 0 Å². The molecular weight excluding hydrogens is 260 g/mol. The third kappa shape index (κ3) is 3.69. The number of nitrogens with two attached hydrogens (primary N) is 1. The van der Waals surface area contributed by atoms with E-state index in [1.54, 1.807) is 6.20 Å². The molecule has 0 radical (unpaired) electrons. The molecule has 0 bridgehead atoms. The molecule has 6 heteroatoms. The Morgan fingerprint density at radius 1 is 1.32 bits per heavy atom. The first-order chi connectivity index (χ1) is 9.16. The first kappa shape index (κ1) is 13.4. The van der Waals surface area contributed by atoms with Crippen LogP contribution in [-0.2, 0) is 4.79 Å². The minimum Gasteiger partial charge on any atom is -0.381 e. The zero-order valence-corrected chi connectivity index (χ0v) is 11.3. The van der Waals surface area contributed by atoms with E-state index in [2.05, 4.69) is 15.3 Å². The van der Waals surface area contributed by atoms with Crippen molar-refractivity contribution in [1.82, 2.24) is 9.97 Å². The molecule has 2 aromatic rings. The minimum absolute atomic E-state index is 0.0932. The van der Waals surface area contributed by atoms with Crippen LogP contribution in [0.4, 0.5) is 11.5 Å². The molecule has 0 unspecified atom stereocenters. The van der Waals surface area contributed by atoms with Crippen molar-refractivity contribution in [2.75, 3.05) is 16.8 Å². The number of carbonyl (C=O) groups excluding carboxylic acids is 1. The maximum atomic E-state index is 11.8. The molecule has 0 saturated carbocycles. The highest BCUT2D eigenvalue weighted by Gasteiger charge is 2.08. The second-order valence-electron chi connectivity index (χ2n) is 3.90. The summed E-state index contributed by atoms with van der Waals surface area (Å²) in [6, 6.07) is 7.63. The molecule has 0 atom stereocenters. The van der Waals surface area contributed by atoms with Crippen LogP contribution in [0.5, 0.6) is 0 Å². The lowest BCUT2D eigenvalue weighted by Crippen LogP contribution is -2.15. The average Bonchev–Trinajstić information content (AvgIpc) is 2.40. The van der Waals surface area contributed by atoms with E-state index in [9.17, 15) is 4.79 Å². The van der Waals surface area contributed by atoms with Crippen molar-refractivity contribution in [3.05, 3.63) is 42.2 Å². The Bertz CT molecular complexity index is 588. The highest BCUT2D eigenvalue weighted by atomic mass is 32.2. The Morgan fingerprint density at radius 2 is 2.05 bits per heavy atom. The highest BCUT2D eigenvalue weighted by molar-refractivity contribution is 8.00. The van der Waals surface area contributed by atoms with Gasteiger partial charge < -0.3 is 11.1 Å². The van der Waals surface area contributed by atoms with Crippen LogP contribution in [0.25, 0.3) is 0 Å². The Kier molecular flexibility index (Phi) is 4.35. The van der Waals surface area contributed by atoms with Gasteiger partial charge in [0.1, 0.15) is 5.03 Å². The molecule has 2 rings (SSSR count). The smallest absolute Gasteiger partial charge is 0.234 e. The van der Waals surface area contributed by atoms with E-state index >= 15 is 0 Å². The molecule has 1 amide bonds. The number of carbonyl (C=O) groups is 1. The van der Waals surface area contributed by atoms with Crippen LogP contribution in [0.2, 0.25) is 0 Å². The fraction of sp³-hybridized carbons (Fsp3) is 0.154. The normalized spacial score (nSPS) is 10.2. The maximum absolute atomic E-state index is 11.8. The molecule has 0 aliphatic carbocycles. The van der Waals surface area contributed by atoms with Crippen LogP contribution in [-0.4, -0.2) is 21.6 Å². The van der Waals surface area contributed by atoms with Crippen LogP contribution >= 0.6 is 11.8 Å². The number of nitrogens with zero attached hydrogens (tertiary/aromatic N) is 2. The van der Waals surface area contributed by atoms with Gasteiger partial charge in [0.05, 0.1) is 5.75 Å². The van der Waals surface area contributed by atoms with Gasteiger partial charge in [-0.05, 0) is 18.6 Å². The molecule has 0 spiro atoms. The highest BCUT2D eigenvalue weighted by Crippen LogP contribution is 2.20. The standard InChI is InChI=1S/C13H14N4OS/c1-9-4-2-3-5-10(9)17-11(18)8-19-13-12(14)15-6-7-16-13/h2-7H,8H2,1H3,(H2,14,15)(H,17,18). The SMILES string of the molecule is Cc1ccccc1NC(=O)CSc1nccnc1N. The number of para-hydroxylation sites is 1. The summed E-state index contributed by atoms with van der Waals surface area (Å²) in [6.07, 6.45) is 3.07. The van der Waals surface area contributed by atoms with Gasteiger partial charge in [0.15, 0.2) is 5.82 Å². The lowest BCUT2D eigenvalue weighted by atomic mass is 10.2. The molecule has 1 heterocycles. The number of anilines is 2. The number of aromatic nitrogens is 2. The summed E-state index contributed by atoms with van der Waals surface area (Å²) in [7, 11) is 0. The second-order valence-corrected chi connectivity index (χ2v) is 4.86. The van der Waals surface area contributed by atoms with Crippen LogP contribution in [0.3, 0.4) is 0 Å². The topological polar surface area (TPSA) is 80.9 Å². The molecular formula is C13H14N4OS. The number of nitrogens with one attached hydrogen (secondary N) is 1. The van der Waals surface area contributed by atoms with Gasteiger partial charge in [0, 0.05) is 18.1 Å². The summed E-state index contributed by atoms with van der Waals surface area (Å²) in [5, 5.41) is 3.42. The monoisotopic (exact) mass is 274 g/mol. The maximum Gasteiger partial charge on any atom is 0.234 e. The Labute approximate surface area is 115 Å². The Morgan fingerprint density at radius 3 is 2.79 bits per heavy atom. The van der Waals surface area contributed by atoms with E-state index in [-0.39, 0.29) is 11.7 Å². The van der Waals surface area contributed by atoms with Crippen molar-refractivity contribution in [3.63, 3.8) is 0 Å². The summed E-state index contributed by atoms with van der Waals surface area (Å²) in [4.78, 5) is 19.8. The first-order valence-corrected chi connectivity index (χ1v) is 6.70. The second kappa shape index (κ2) is 6.19. The number of benzene rings is 1. The van der Waals surface area contributed by atoms with Gasteiger partial charge in [-0.15, -0.1) is 0 Å². The molecule has 0 fully saturated rings. The number of aryl methyl sites for hydroxylation is 1. The predicted molar refractivity (Wildman–Crippen MR) is 77.0 cm³/mol. The molecule has 1 aromatic heterocycles. The zero-order chi connectivity index (χ0) is 13.7. The van der Waals surface area contributed by atoms with Gasteiger partial charge >= 0.3 is 0 Å². The van der Waals surface area contributed by atoms with Crippen molar-refractivity contribution < 1.29 is 4.79 Å². The summed E-state index contributed by atoms with van der Waals surface area (Å²) >= 11 is 1.27. The number of thioether (sulfide) groups is 1. The van der Waals surface area contributed by atoms with Gasteiger partial charge in [-0.2, -0.15) is 0 Å². The van der Waals surface area contributed by atoms with Gasteiger partial charge in [-0.25, -0.2) is 9.97 Å². The summed E-state index contributed by atoms with van der Waals surface area (Å²) in [6.45, 7) is 1.95. The van der Waals surface area contributed by atoms with Crippen molar-refractivity contribution in [2.45, 2.75) is 11.9 Å². The van der Waals surface area contributed by atoms with E-state index in [0.29, 0.717) is 10.8 Å². The van der Waals surface area contributed by atoms with E-state index < -0.39 is 0 Å². The van der Waals surface area contributed by atoms with Crippen LogP contribution in [0.15, 0.2) is 41.7 Å². The molecule has 19 heavy (non-hydrogen) atoms. The van der Waals surface area contributed by atoms with Crippen LogP contribution in [0, 0.1) is 6.92 Å². The van der Waals surface area contributed by atoms with E-state index in [1.165, 1.54) is 18.0 Å². The molecule has 98 valence electrons. The molecule has 5 nitrogen and oxygen atoms in total. The molecule has 0 aliphatic rings. The van der Waals surface area contributed by atoms with Crippen molar-refractivity contribution in [2.24, 2.45) is 0 Å². The molecule has 3 N–H and O–H groups in total. The van der Waals surface area contributed by atoms with E-state index in [4.69, 9.17) is 5.73 Å². The minimum atomic E-state index is -0.0932. The number of hydrogen-bond donors (Lipinski definition) is 2. The van der Waals surface area contributed by atoms with Gasteiger partial charge in [-0.3, -0.25) is 4.79 Å².